The molecule has 1 saturated heterocycles. The van der Waals surface area contributed by atoms with E-state index in [1.54, 1.807) is 12.4 Å². The lowest BCUT2D eigenvalue weighted by molar-refractivity contribution is -0.849. The summed E-state index contributed by atoms with van der Waals surface area (Å²) in [5.41, 5.74) is 0. The van der Waals surface area contributed by atoms with Gasteiger partial charge in [-0.25, -0.2) is 0 Å². The van der Waals surface area contributed by atoms with Gasteiger partial charge in [0.1, 0.15) is 0 Å². The van der Waals surface area contributed by atoms with E-state index in [-0.39, 0.29) is 0 Å². The number of rotatable bonds is 0. The molecule has 0 amide bonds. The van der Waals surface area contributed by atoms with Gasteiger partial charge in [0.2, 0.25) is 0 Å². The molecule has 0 aromatic carbocycles. The third-order valence-corrected chi connectivity index (χ3v) is 1.41. The standard InChI is InChI=1S/C5H5N.C4H9NO.C4H12N/c1-2-4-6-5-3-1;1-3-6-4-2-5-1;1-5(2,3)4/h1-5H;5H,1-4H2;1-4H3/q;;+1. The Morgan fingerprint density at radius 2 is 1.41 bits per heavy atom. The molecule has 98 valence electrons. The molecule has 1 aromatic rings. The fraction of sp³-hybridized carbons (Fsp3) is 0.615. The van der Waals surface area contributed by atoms with E-state index in [2.05, 4.69) is 38.5 Å². The molecule has 1 aliphatic heterocycles. The number of ether oxygens (including phenoxy) is 1. The lowest BCUT2D eigenvalue weighted by atomic mass is 10.5. The molecule has 2 rings (SSSR count). The van der Waals surface area contributed by atoms with Crippen LogP contribution in [0.5, 0.6) is 0 Å². The lowest BCUT2D eigenvalue weighted by Crippen LogP contribution is -2.30. The number of nitrogens with zero attached hydrogens (tertiary/aromatic N) is 2. The molecule has 4 nitrogen and oxygen atoms in total. The summed E-state index contributed by atoms with van der Waals surface area (Å²) in [5, 5.41) is 3.16. The van der Waals surface area contributed by atoms with Crippen molar-refractivity contribution in [1.82, 2.24) is 10.3 Å². The summed E-state index contributed by atoms with van der Waals surface area (Å²) in [5.74, 6) is 0. The highest BCUT2D eigenvalue weighted by Gasteiger charge is 1.93. The summed E-state index contributed by atoms with van der Waals surface area (Å²) in [6.45, 7) is 3.83. The predicted octanol–water partition coefficient (Wildman–Crippen LogP) is 1.01. The van der Waals surface area contributed by atoms with Gasteiger partial charge in [-0.1, -0.05) is 6.07 Å². The van der Waals surface area contributed by atoms with Crippen molar-refractivity contribution in [2.24, 2.45) is 0 Å². The molecule has 0 aliphatic carbocycles. The fourth-order valence-electron chi connectivity index (χ4n) is 0.828. The van der Waals surface area contributed by atoms with Crippen molar-refractivity contribution in [1.29, 1.82) is 0 Å². The third kappa shape index (κ3) is 21.0. The molecule has 1 fully saturated rings. The molecular weight excluding hydrogens is 214 g/mol. The highest BCUT2D eigenvalue weighted by Crippen LogP contribution is 1.76. The van der Waals surface area contributed by atoms with Crippen molar-refractivity contribution in [2.45, 2.75) is 0 Å². The molecule has 1 N–H and O–H groups in total. The van der Waals surface area contributed by atoms with Gasteiger partial charge in [-0.2, -0.15) is 0 Å². The Labute approximate surface area is 105 Å². The van der Waals surface area contributed by atoms with Crippen LogP contribution in [0.3, 0.4) is 0 Å². The number of morpholine rings is 1. The Bertz CT molecular complexity index is 198. The molecule has 0 atom stereocenters. The van der Waals surface area contributed by atoms with Gasteiger partial charge < -0.3 is 14.5 Å². The number of pyridine rings is 1. The van der Waals surface area contributed by atoms with Gasteiger partial charge in [-0.15, -0.1) is 0 Å². The molecule has 0 radical (unpaired) electrons. The van der Waals surface area contributed by atoms with Crippen LogP contribution in [0.25, 0.3) is 0 Å². The van der Waals surface area contributed by atoms with Gasteiger partial charge in [0.25, 0.3) is 0 Å². The van der Waals surface area contributed by atoms with Gasteiger partial charge >= 0.3 is 0 Å². The largest absolute Gasteiger partial charge is 0.379 e. The van der Waals surface area contributed by atoms with Gasteiger partial charge in [-0.05, 0) is 12.1 Å². The van der Waals surface area contributed by atoms with E-state index in [1.165, 1.54) is 0 Å². The first-order valence-electron chi connectivity index (χ1n) is 5.92. The summed E-state index contributed by atoms with van der Waals surface area (Å²) < 4.78 is 6.01. The van der Waals surface area contributed by atoms with Crippen molar-refractivity contribution in [2.75, 3.05) is 54.5 Å². The van der Waals surface area contributed by atoms with E-state index in [4.69, 9.17) is 4.74 Å². The van der Waals surface area contributed by atoms with Crippen molar-refractivity contribution in [3.8, 4) is 0 Å². The quantitative estimate of drug-likeness (QED) is 0.687. The van der Waals surface area contributed by atoms with Crippen LogP contribution in [0.15, 0.2) is 30.6 Å². The van der Waals surface area contributed by atoms with Crippen LogP contribution in [0.1, 0.15) is 0 Å². The van der Waals surface area contributed by atoms with Crippen LogP contribution in [-0.2, 0) is 4.74 Å². The number of aromatic nitrogens is 1. The monoisotopic (exact) mass is 240 g/mol. The second-order valence-corrected chi connectivity index (χ2v) is 5.07. The van der Waals surface area contributed by atoms with Crippen molar-refractivity contribution in [3.05, 3.63) is 30.6 Å². The second-order valence-electron chi connectivity index (χ2n) is 5.07. The molecule has 0 bridgehead atoms. The van der Waals surface area contributed by atoms with Crippen LogP contribution in [-0.4, -0.2) is 64.0 Å². The predicted molar refractivity (Wildman–Crippen MR) is 71.9 cm³/mol. The first-order valence-corrected chi connectivity index (χ1v) is 5.92. The molecule has 0 spiro atoms. The molecule has 2 heterocycles. The van der Waals surface area contributed by atoms with Crippen molar-refractivity contribution in [3.63, 3.8) is 0 Å². The van der Waals surface area contributed by atoms with E-state index in [0.717, 1.165) is 30.8 Å². The molecule has 1 aliphatic rings. The van der Waals surface area contributed by atoms with E-state index in [0.29, 0.717) is 0 Å². The van der Waals surface area contributed by atoms with Crippen LogP contribution in [0.2, 0.25) is 0 Å². The zero-order valence-corrected chi connectivity index (χ0v) is 11.5. The first kappa shape index (κ1) is 16.0. The maximum atomic E-state index is 5.01. The highest BCUT2D eigenvalue weighted by atomic mass is 16.5. The highest BCUT2D eigenvalue weighted by molar-refractivity contribution is 4.88. The van der Waals surface area contributed by atoms with E-state index in [9.17, 15) is 0 Å². The summed E-state index contributed by atoms with van der Waals surface area (Å²) >= 11 is 0. The summed E-state index contributed by atoms with van der Waals surface area (Å²) in [6.07, 6.45) is 3.50. The normalized spacial score (nSPS) is 14.8. The summed E-state index contributed by atoms with van der Waals surface area (Å²) in [7, 11) is 8.50. The molecule has 17 heavy (non-hydrogen) atoms. The average Bonchev–Trinajstić information content (AvgIpc) is 2.32. The first-order chi connectivity index (χ1) is 8.00. The van der Waals surface area contributed by atoms with Gasteiger partial charge in [0, 0.05) is 25.5 Å². The van der Waals surface area contributed by atoms with Crippen molar-refractivity contribution >= 4 is 0 Å². The van der Waals surface area contributed by atoms with Gasteiger partial charge in [0.15, 0.2) is 0 Å². The fourth-order valence-corrected chi connectivity index (χ4v) is 0.828. The van der Waals surface area contributed by atoms with E-state index < -0.39 is 0 Å². The lowest BCUT2D eigenvalue weighted by Gasteiger charge is -2.14. The number of hydrogen-bond donors (Lipinski definition) is 1. The number of nitrogens with one attached hydrogen (secondary N) is 1. The van der Waals surface area contributed by atoms with Crippen LogP contribution < -0.4 is 5.32 Å². The van der Waals surface area contributed by atoms with Crippen molar-refractivity contribution < 1.29 is 9.22 Å². The Hall–Kier alpha value is -0.970. The number of hydrogen-bond acceptors (Lipinski definition) is 3. The number of quaternary nitrogens is 1. The van der Waals surface area contributed by atoms with Gasteiger partial charge in [0.05, 0.1) is 41.4 Å². The minimum Gasteiger partial charge on any atom is -0.379 e. The molecule has 0 unspecified atom stereocenters. The summed E-state index contributed by atoms with van der Waals surface area (Å²) in [4.78, 5) is 3.78. The Kier molecular flexibility index (Phi) is 9.62. The topological polar surface area (TPSA) is 34.1 Å². The minimum atomic E-state index is 0.889. The third-order valence-electron chi connectivity index (χ3n) is 1.41. The minimum absolute atomic E-state index is 0.889. The smallest absolute Gasteiger partial charge is 0.0675 e. The van der Waals surface area contributed by atoms with Gasteiger partial charge in [-0.3, -0.25) is 4.98 Å². The Morgan fingerprint density at radius 3 is 1.53 bits per heavy atom. The summed E-state index contributed by atoms with van der Waals surface area (Å²) in [6, 6.07) is 5.72. The zero-order chi connectivity index (χ0) is 13.0. The SMILES string of the molecule is C1COCCN1.C[N+](C)(C)C.c1ccncc1. The van der Waals surface area contributed by atoms with Crippen LogP contribution >= 0.6 is 0 Å². The van der Waals surface area contributed by atoms with E-state index >= 15 is 0 Å². The molecular formula is C13H26N3O+. The Balaban J connectivity index is 0.000000228. The second kappa shape index (κ2) is 10.2. The zero-order valence-electron chi connectivity index (χ0n) is 11.5. The maximum absolute atomic E-state index is 5.01. The molecule has 0 saturated carbocycles. The molecule has 1 aromatic heterocycles. The maximum Gasteiger partial charge on any atom is 0.0675 e. The average molecular weight is 240 g/mol. The van der Waals surface area contributed by atoms with Crippen LogP contribution in [0, 0.1) is 0 Å². The Morgan fingerprint density at radius 1 is 0.941 bits per heavy atom. The molecule has 4 heteroatoms. The van der Waals surface area contributed by atoms with Crippen LogP contribution in [0.4, 0.5) is 0 Å². The van der Waals surface area contributed by atoms with E-state index in [1.807, 2.05) is 18.2 Å².